The minimum Gasteiger partial charge on any atom is -0.294 e. The standard InChI is InChI=1S/C10H6BrN3O2S/c11-7-1-2-17-8(7)5-14-4-6(3-12)9(15)13-10(14)16/h1-2,4H,5H2,(H,13,15,16). The molecule has 2 heterocycles. The number of thiophene rings is 1. The molecule has 0 unspecified atom stereocenters. The second-order valence-electron chi connectivity index (χ2n) is 3.23. The maximum Gasteiger partial charge on any atom is 0.328 e. The molecule has 0 aromatic carbocycles. The highest BCUT2D eigenvalue weighted by atomic mass is 79.9. The second-order valence-corrected chi connectivity index (χ2v) is 5.09. The predicted molar refractivity (Wildman–Crippen MR) is 67.2 cm³/mol. The van der Waals surface area contributed by atoms with Crippen molar-refractivity contribution in [2.45, 2.75) is 6.54 Å². The SMILES string of the molecule is N#Cc1cn(Cc2sccc2Br)c(=O)[nH]c1=O. The number of aromatic amines is 1. The molecule has 0 amide bonds. The van der Waals surface area contributed by atoms with Crippen molar-refractivity contribution in [3.63, 3.8) is 0 Å². The van der Waals surface area contributed by atoms with Gasteiger partial charge < -0.3 is 0 Å². The first-order valence-electron chi connectivity index (χ1n) is 4.57. The van der Waals surface area contributed by atoms with E-state index >= 15 is 0 Å². The second kappa shape index (κ2) is 4.69. The van der Waals surface area contributed by atoms with Crippen LogP contribution in [-0.2, 0) is 6.54 Å². The Bertz CT molecular complexity index is 707. The number of aromatic nitrogens is 2. The van der Waals surface area contributed by atoms with Crippen LogP contribution in [0.3, 0.4) is 0 Å². The Kier molecular flexibility index (Phi) is 3.26. The first-order chi connectivity index (χ1) is 8.11. The Morgan fingerprint density at radius 2 is 2.29 bits per heavy atom. The maximum absolute atomic E-state index is 11.5. The normalized spacial score (nSPS) is 10.1. The van der Waals surface area contributed by atoms with E-state index in [-0.39, 0.29) is 5.56 Å². The van der Waals surface area contributed by atoms with Gasteiger partial charge in [-0.2, -0.15) is 5.26 Å². The molecule has 5 nitrogen and oxygen atoms in total. The molecule has 0 radical (unpaired) electrons. The smallest absolute Gasteiger partial charge is 0.294 e. The van der Waals surface area contributed by atoms with Crippen LogP contribution in [0.15, 0.2) is 31.7 Å². The van der Waals surface area contributed by atoms with Crippen LogP contribution in [0.5, 0.6) is 0 Å². The Morgan fingerprint density at radius 1 is 1.53 bits per heavy atom. The summed E-state index contributed by atoms with van der Waals surface area (Å²) in [6.45, 7) is 0.322. The minimum absolute atomic E-state index is 0.0720. The van der Waals surface area contributed by atoms with Crippen molar-refractivity contribution in [2.75, 3.05) is 0 Å². The third-order valence-electron chi connectivity index (χ3n) is 2.14. The summed E-state index contributed by atoms with van der Waals surface area (Å²) >= 11 is 4.85. The van der Waals surface area contributed by atoms with Gasteiger partial charge >= 0.3 is 5.69 Å². The van der Waals surface area contributed by atoms with Gasteiger partial charge in [0.1, 0.15) is 11.6 Å². The highest BCUT2D eigenvalue weighted by molar-refractivity contribution is 9.10. The summed E-state index contributed by atoms with van der Waals surface area (Å²) in [5.41, 5.74) is -1.24. The fourth-order valence-electron chi connectivity index (χ4n) is 1.30. The van der Waals surface area contributed by atoms with Gasteiger partial charge in [-0.1, -0.05) is 0 Å². The van der Waals surface area contributed by atoms with E-state index < -0.39 is 11.2 Å². The Labute approximate surface area is 108 Å². The molecule has 86 valence electrons. The number of H-pyrrole nitrogens is 1. The number of halogens is 1. The van der Waals surface area contributed by atoms with Gasteiger partial charge in [0.15, 0.2) is 0 Å². The summed E-state index contributed by atoms with van der Waals surface area (Å²) in [5.74, 6) is 0. The van der Waals surface area contributed by atoms with Gasteiger partial charge in [0.2, 0.25) is 0 Å². The lowest BCUT2D eigenvalue weighted by atomic mass is 10.3. The molecule has 0 spiro atoms. The maximum atomic E-state index is 11.5. The molecule has 0 aliphatic carbocycles. The van der Waals surface area contributed by atoms with E-state index in [9.17, 15) is 9.59 Å². The van der Waals surface area contributed by atoms with Crippen LogP contribution in [0.4, 0.5) is 0 Å². The Balaban J connectivity index is 2.48. The fourth-order valence-corrected chi connectivity index (χ4v) is 2.77. The molecule has 0 fully saturated rings. The summed E-state index contributed by atoms with van der Waals surface area (Å²) in [7, 11) is 0. The Morgan fingerprint density at radius 3 is 2.88 bits per heavy atom. The lowest BCUT2D eigenvalue weighted by molar-refractivity contribution is 0.724. The fraction of sp³-hybridized carbons (Fsp3) is 0.100. The molecule has 17 heavy (non-hydrogen) atoms. The molecule has 0 atom stereocenters. The van der Waals surface area contributed by atoms with Crippen LogP contribution in [0.25, 0.3) is 0 Å². The summed E-state index contributed by atoms with van der Waals surface area (Å²) in [4.78, 5) is 25.8. The van der Waals surface area contributed by atoms with Crippen molar-refractivity contribution in [1.82, 2.24) is 9.55 Å². The summed E-state index contributed by atoms with van der Waals surface area (Å²) in [5, 5.41) is 10.6. The third kappa shape index (κ3) is 2.38. The van der Waals surface area contributed by atoms with E-state index in [2.05, 4.69) is 20.9 Å². The topological polar surface area (TPSA) is 78.7 Å². The van der Waals surface area contributed by atoms with Crippen LogP contribution in [-0.4, -0.2) is 9.55 Å². The molecule has 7 heteroatoms. The van der Waals surface area contributed by atoms with Gasteiger partial charge in [-0.3, -0.25) is 14.3 Å². The van der Waals surface area contributed by atoms with Crippen LogP contribution >= 0.6 is 27.3 Å². The first-order valence-corrected chi connectivity index (χ1v) is 6.25. The van der Waals surface area contributed by atoms with Crippen LogP contribution < -0.4 is 11.2 Å². The number of nitriles is 1. The quantitative estimate of drug-likeness (QED) is 0.907. The van der Waals surface area contributed by atoms with Crippen molar-refractivity contribution in [3.05, 3.63) is 53.4 Å². The molecule has 0 aliphatic heterocycles. The van der Waals surface area contributed by atoms with E-state index in [0.717, 1.165) is 9.35 Å². The number of hydrogen-bond donors (Lipinski definition) is 1. The van der Waals surface area contributed by atoms with Crippen molar-refractivity contribution in [2.24, 2.45) is 0 Å². The number of nitrogens with one attached hydrogen (secondary N) is 1. The first kappa shape index (κ1) is 11.8. The summed E-state index contributed by atoms with van der Waals surface area (Å²) in [6.07, 6.45) is 1.27. The third-order valence-corrected chi connectivity index (χ3v) is 4.05. The molecule has 0 aliphatic rings. The minimum atomic E-state index is -0.654. The van der Waals surface area contributed by atoms with Gasteiger partial charge in [-0.15, -0.1) is 11.3 Å². The lowest BCUT2D eigenvalue weighted by Crippen LogP contribution is -2.31. The van der Waals surface area contributed by atoms with Crippen molar-refractivity contribution in [3.8, 4) is 6.07 Å². The molecule has 2 aromatic heterocycles. The number of hydrogen-bond acceptors (Lipinski definition) is 4. The number of rotatable bonds is 2. The van der Waals surface area contributed by atoms with Crippen LogP contribution in [0.1, 0.15) is 10.4 Å². The van der Waals surface area contributed by atoms with E-state index in [4.69, 9.17) is 5.26 Å². The zero-order valence-corrected chi connectivity index (χ0v) is 10.8. The Hall–Kier alpha value is -1.65. The van der Waals surface area contributed by atoms with Crippen LogP contribution in [0, 0.1) is 11.3 Å². The number of nitrogens with zero attached hydrogens (tertiary/aromatic N) is 2. The van der Waals surface area contributed by atoms with E-state index in [1.165, 1.54) is 22.1 Å². The zero-order valence-electron chi connectivity index (χ0n) is 8.44. The molecule has 0 saturated carbocycles. The lowest BCUT2D eigenvalue weighted by Gasteiger charge is -2.03. The predicted octanol–water partition coefficient (Wildman–Crippen LogP) is 1.28. The van der Waals surface area contributed by atoms with Gasteiger partial charge in [-0.05, 0) is 27.4 Å². The highest BCUT2D eigenvalue weighted by Crippen LogP contribution is 2.22. The molecule has 2 aromatic rings. The van der Waals surface area contributed by atoms with E-state index in [0.29, 0.717) is 6.54 Å². The summed E-state index contributed by atoms with van der Waals surface area (Å²) < 4.78 is 2.20. The van der Waals surface area contributed by atoms with Gasteiger partial charge in [0.25, 0.3) is 5.56 Å². The van der Waals surface area contributed by atoms with Crippen LogP contribution in [0.2, 0.25) is 0 Å². The molecule has 1 N–H and O–H groups in total. The average molecular weight is 312 g/mol. The molecule has 0 bridgehead atoms. The van der Waals surface area contributed by atoms with Crippen molar-refractivity contribution in [1.29, 1.82) is 5.26 Å². The monoisotopic (exact) mass is 311 g/mol. The zero-order chi connectivity index (χ0) is 12.4. The molecule has 2 rings (SSSR count). The molecular formula is C10H6BrN3O2S. The van der Waals surface area contributed by atoms with Gasteiger partial charge in [0.05, 0.1) is 6.54 Å². The van der Waals surface area contributed by atoms with Crippen molar-refractivity contribution < 1.29 is 0 Å². The largest absolute Gasteiger partial charge is 0.328 e. The van der Waals surface area contributed by atoms with Gasteiger partial charge in [-0.25, -0.2) is 4.79 Å². The molecule has 0 saturated heterocycles. The average Bonchev–Trinajstić information content (AvgIpc) is 2.68. The van der Waals surface area contributed by atoms with E-state index in [1.807, 2.05) is 11.4 Å². The highest BCUT2D eigenvalue weighted by Gasteiger charge is 2.07. The molecular weight excluding hydrogens is 306 g/mol. The van der Waals surface area contributed by atoms with Crippen molar-refractivity contribution >= 4 is 27.3 Å². The van der Waals surface area contributed by atoms with Gasteiger partial charge in [0, 0.05) is 15.5 Å². The van der Waals surface area contributed by atoms with E-state index in [1.54, 1.807) is 6.07 Å². The summed E-state index contributed by atoms with van der Waals surface area (Å²) in [6, 6.07) is 3.62.